The zero-order valence-electron chi connectivity index (χ0n) is 14.7. The van der Waals surface area contributed by atoms with Gasteiger partial charge in [-0.15, -0.1) is 0 Å². The quantitative estimate of drug-likeness (QED) is 0.660. The van der Waals surface area contributed by atoms with Gasteiger partial charge in [0, 0.05) is 0 Å². The summed E-state index contributed by atoms with van der Waals surface area (Å²) in [7, 11) is 4.82. The van der Waals surface area contributed by atoms with Crippen LogP contribution in [-0.4, -0.2) is 27.9 Å². The molecule has 0 unspecified atom stereocenters. The molecule has 2 aromatic carbocycles. The van der Waals surface area contributed by atoms with Crippen LogP contribution in [0.3, 0.4) is 0 Å². The van der Waals surface area contributed by atoms with Crippen molar-refractivity contribution in [2.24, 2.45) is 0 Å². The number of ether oxygens (including phenoxy) is 4. The molecule has 0 aliphatic rings. The van der Waals surface area contributed by atoms with Crippen molar-refractivity contribution in [3.05, 3.63) is 47.5 Å². The summed E-state index contributed by atoms with van der Waals surface area (Å²) >= 11 is 0. The maximum absolute atomic E-state index is 5.59. The minimum absolute atomic E-state index is 0.592. The Hall–Kier alpha value is -2.62. The third-order valence-electron chi connectivity index (χ3n) is 3.51. The second-order valence-electron chi connectivity index (χ2n) is 5.21. The minimum Gasteiger partial charge on any atom is -0.494 e. The van der Waals surface area contributed by atoms with Gasteiger partial charge in [-0.25, -0.2) is 0 Å². The standard InChI is InChI=1S/C20H24O4/c1-5-12-24-17-10-8-15(9-11-17)6-7-16-13-18(21-2)20(23-4)19(14-16)22-3/h6-11,13-14H,5,12H2,1-4H3/b7-6+. The van der Waals surface area contributed by atoms with Crippen LogP contribution in [0.1, 0.15) is 24.5 Å². The van der Waals surface area contributed by atoms with Crippen LogP contribution >= 0.6 is 0 Å². The Morgan fingerprint density at radius 3 is 1.88 bits per heavy atom. The highest BCUT2D eigenvalue weighted by molar-refractivity contribution is 5.72. The summed E-state index contributed by atoms with van der Waals surface area (Å²) in [5.41, 5.74) is 2.06. The summed E-state index contributed by atoms with van der Waals surface area (Å²) in [5, 5.41) is 0. The topological polar surface area (TPSA) is 36.9 Å². The molecule has 0 N–H and O–H groups in total. The third-order valence-corrected chi connectivity index (χ3v) is 3.51. The Bertz CT molecular complexity index is 650. The summed E-state index contributed by atoms with van der Waals surface area (Å²) in [6, 6.07) is 11.8. The van der Waals surface area contributed by atoms with E-state index >= 15 is 0 Å². The van der Waals surface area contributed by atoms with E-state index in [0.29, 0.717) is 17.2 Å². The van der Waals surface area contributed by atoms with E-state index in [2.05, 4.69) is 6.92 Å². The first-order valence-corrected chi connectivity index (χ1v) is 7.92. The highest BCUT2D eigenvalue weighted by Gasteiger charge is 2.11. The zero-order valence-corrected chi connectivity index (χ0v) is 14.7. The zero-order chi connectivity index (χ0) is 17.4. The Balaban J connectivity index is 2.19. The molecule has 0 aliphatic heterocycles. The van der Waals surface area contributed by atoms with Crippen LogP contribution in [0.4, 0.5) is 0 Å². The Kier molecular flexibility index (Phi) is 6.55. The van der Waals surface area contributed by atoms with Gasteiger partial charge in [-0.05, 0) is 41.8 Å². The fourth-order valence-electron chi connectivity index (χ4n) is 2.29. The van der Waals surface area contributed by atoms with Gasteiger partial charge in [-0.2, -0.15) is 0 Å². The lowest BCUT2D eigenvalue weighted by Crippen LogP contribution is -1.95. The summed E-state index contributed by atoms with van der Waals surface area (Å²) in [5.74, 6) is 2.76. The van der Waals surface area contributed by atoms with E-state index in [1.807, 2.05) is 48.6 Å². The molecule has 0 amide bonds. The van der Waals surface area contributed by atoms with Crippen molar-refractivity contribution in [2.75, 3.05) is 27.9 Å². The molecular formula is C20H24O4. The van der Waals surface area contributed by atoms with E-state index in [9.17, 15) is 0 Å². The molecule has 2 rings (SSSR count). The minimum atomic E-state index is 0.592. The number of methoxy groups -OCH3 is 3. The molecule has 0 spiro atoms. The van der Waals surface area contributed by atoms with Crippen molar-refractivity contribution >= 4 is 12.2 Å². The van der Waals surface area contributed by atoms with Crippen LogP contribution in [-0.2, 0) is 0 Å². The molecule has 24 heavy (non-hydrogen) atoms. The summed E-state index contributed by atoms with van der Waals surface area (Å²) in [6.45, 7) is 2.83. The number of hydrogen-bond donors (Lipinski definition) is 0. The Labute approximate surface area is 143 Å². The summed E-state index contributed by atoms with van der Waals surface area (Å²) < 4.78 is 21.7. The number of rotatable bonds is 8. The molecule has 0 radical (unpaired) electrons. The highest BCUT2D eigenvalue weighted by Crippen LogP contribution is 2.38. The summed E-state index contributed by atoms with van der Waals surface area (Å²) in [4.78, 5) is 0. The van der Waals surface area contributed by atoms with Gasteiger partial charge in [0.2, 0.25) is 5.75 Å². The Morgan fingerprint density at radius 2 is 1.38 bits per heavy atom. The van der Waals surface area contributed by atoms with Crippen LogP contribution in [0.2, 0.25) is 0 Å². The first-order chi connectivity index (χ1) is 11.7. The molecule has 0 atom stereocenters. The van der Waals surface area contributed by atoms with E-state index in [-0.39, 0.29) is 0 Å². The molecule has 0 saturated carbocycles. The fraction of sp³-hybridized carbons (Fsp3) is 0.300. The molecule has 0 bridgehead atoms. The first kappa shape index (κ1) is 17.7. The van der Waals surface area contributed by atoms with Crippen LogP contribution < -0.4 is 18.9 Å². The first-order valence-electron chi connectivity index (χ1n) is 7.92. The lowest BCUT2D eigenvalue weighted by Gasteiger charge is -2.12. The number of benzene rings is 2. The highest BCUT2D eigenvalue weighted by atomic mass is 16.5. The van der Waals surface area contributed by atoms with E-state index < -0.39 is 0 Å². The SMILES string of the molecule is CCCOc1ccc(/C=C/c2cc(OC)c(OC)c(OC)c2)cc1. The summed E-state index contributed by atoms with van der Waals surface area (Å²) in [6.07, 6.45) is 5.04. The van der Waals surface area contributed by atoms with Crippen LogP contribution in [0.5, 0.6) is 23.0 Å². The average molecular weight is 328 g/mol. The molecule has 128 valence electrons. The third kappa shape index (κ3) is 4.44. The van der Waals surface area contributed by atoms with Crippen molar-refractivity contribution in [3.63, 3.8) is 0 Å². The van der Waals surface area contributed by atoms with E-state index in [1.165, 1.54) is 0 Å². The normalized spacial score (nSPS) is 10.7. The van der Waals surface area contributed by atoms with Crippen molar-refractivity contribution in [2.45, 2.75) is 13.3 Å². The van der Waals surface area contributed by atoms with Crippen LogP contribution in [0.15, 0.2) is 36.4 Å². The second kappa shape index (κ2) is 8.87. The fourth-order valence-corrected chi connectivity index (χ4v) is 2.29. The van der Waals surface area contributed by atoms with Gasteiger partial charge >= 0.3 is 0 Å². The van der Waals surface area contributed by atoms with Crippen molar-refractivity contribution in [1.29, 1.82) is 0 Å². The smallest absolute Gasteiger partial charge is 0.203 e. The maximum atomic E-state index is 5.59. The molecule has 0 aromatic heterocycles. The lowest BCUT2D eigenvalue weighted by atomic mass is 10.1. The largest absolute Gasteiger partial charge is 0.494 e. The predicted molar refractivity (Wildman–Crippen MR) is 97.3 cm³/mol. The van der Waals surface area contributed by atoms with Crippen molar-refractivity contribution in [1.82, 2.24) is 0 Å². The van der Waals surface area contributed by atoms with Gasteiger partial charge in [0.1, 0.15) is 5.75 Å². The maximum Gasteiger partial charge on any atom is 0.203 e. The molecule has 0 heterocycles. The average Bonchev–Trinajstić information content (AvgIpc) is 2.64. The molecule has 4 heteroatoms. The molecule has 4 nitrogen and oxygen atoms in total. The van der Waals surface area contributed by atoms with Gasteiger partial charge < -0.3 is 18.9 Å². The van der Waals surface area contributed by atoms with E-state index in [0.717, 1.165) is 29.9 Å². The van der Waals surface area contributed by atoms with Gasteiger partial charge in [-0.1, -0.05) is 31.2 Å². The molecule has 0 aliphatic carbocycles. The molecule has 0 saturated heterocycles. The van der Waals surface area contributed by atoms with Gasteiger partial charge in [0.05, 0.1) is 27.9 Å². The van der Waals surface area contributed by atoms with Crippen LogP contribution in [0.25, 0.3) is 12.2 Å². The molecule has 2 aromatic rings. The molecule has 0 fully saturated rings. The molecular weight excluding hydrogens is 304 g/mol. The lowest BCUT2D eigenvalue weighted by molar-refractivity contribution is 0.317. The Morgan fingerprint density at radius 1 is 0.792 bits per heavy atom. The monoisotopic (exact) mass is 328 g/mol. The van der Waals surface area contributed by atoms with Gasteiger partial charge in [0.15, 0.2) is 11.5 Å². The van der Waals surface area contributed by atoms with E-state index in [4.69, 9.17) is 18.9 Å². The van der Waals surface area contributed by atoms with Gasteiger partial charge in [0.25, 0.3) is 0 Å². The van der Waals surface area contributed by atoms with Crippen molar-refractivity contribution in [3.8, 4) is 23.0 Å². The van der Waals surface area contributed by atoms with Gasteiger partial charge in [-0.3, -0.25) is 0 Å². The van der Waals surface area contributed by atoms with Crippen LogP contribution in [0, 0.1) is 0 Å². The number of hydrogen-bond acceptors (Lipinski definition) is 4. The second-order valence-corrected chi connectivity index (χ2v) is 5.21. The van der Waals surface area contributed by atoms with Crippen molar-refractivity contribution < 1.29 is 18.9 Å². The predicted octanol–water partition coefficient (Wildman–Crippen LogP) is 4.67. The van der Waals surface area contributed by atoms with E-state index in [1.54, 1.807) is 21.3 Å².